The topological polar surface area (TPSA) is 72.6 Å². The number of amides is 1. The van der Waals surface area contributed by atoms with Gasteiger partial charge in [0.25, 0.3) is 0 Å². The molecule has 6 nitrogen and oxygen atoms in total. The van der Waals surface area contributed by atoms with Crippen LogP contribution >= 0.6 is 0 Å². The van der Waals surface area contributed by atoms with E-state index in [0.29, 0.717) is 0 Å². The average molecular weight is 430 g/mol. The molecular weight excluding hydrogens is 394 g/mol. The molecule has 6 heteroatoms. The third kappa shape index (κ3) is 4.52. The van der Waals surface area contributed by atoms with Crippen LogP contribution in [0.2, 0.25) is 0 Å². The molecule has 170 valence electrons. The van der Waals surface area contributed by atoms with Gasteiger partial charge in [0.1, 0.15) is 23.4 Å². The Hall–Kier alpha value is -1.89. The molecule has 31 heavy (non-hydrogen) atoms. The fraction of sp³-hybridized carbons (Fsp3) is 0.640. The van der Waals surface area contributed by atoms with Crippen molar-refractivity contribution in [2.75, 3.05) is 13.7 Å². The summed E-state index contributed by atoms with van der Waals surface area (Å²) in [5, 5.41) is 2.95. The average Bonchev–Trinajstić information content (AvgIpc) is 3.65. The van der Waals surface area contributed by atoms with Crippen molar-refractivity contribution in [1.29, 1.82) is 0 Å². The third-order valence-electron chi connectivity index (χ3n) is 7.13. The Kier molecular flexibility index (Phi) is 6.16. The van der Waals surface area contributed by atoms with Crippen molar-refractivity contribution in [2.45, 2.75) is 82.5 Å². The molecule has 7 atom stereocenters. The lowest BCUT2D eigenvalue weighted by molar-refractivity contribution is -0.118. The van der Waals surface area contributed by atoms with Gasteiger partial charge in [-0.2, -0.15) is 0 Å². The van der Waals surface area contributed by atoms with Crippen molar-refractivity contribution in [3.8, 4) is 0 Å². The molecule has 0 radical (unpaired) electrons. The van der Waals surface area contributed by atoms with Crippen LogP contribution in [0.15, 0.2) is 42.0 Å². The standard InChI is InChI=1S/C25H35NO5/c1-16(2)11-12-20-24(4,31-20)22-21(28-5)19(13-14-25(22)15-29-25)30-23(27)26-17(3)18-9-7-6-8-10-18/h6-11,17,19-22H,12-15H2,1-5H3,(H,26,27)/t17-,19-,20-,21-,22-,24?,25+/m1/s1. The largest absolute Gasteiger partial charge is 0.443 e. The summed E-state index contributed by atoms with van der Waals surface area (Å²) in [5.41, 5.74) is 1.77. The second kappa shape index (κ2) is 8.57. The van der Waals surface area contributed by atoms with Crippen LogP contribution in [0.5, 0.6) is 0 Å². The van der Waals surface area contributed by atoms with E-state index in [1.165, 1.54) is 5.57 Å². The Bertz CT molecular complexity index is 816. The summed E-state index contributed by atoms with van der Waals surface area (Å²) in [6.45, 7) is 9.02. The van der Waals surface area contributed by atoms with E-state index in [-0.39, 0.29) is 41.5 Å². The fourth-order valence-electron chi connectivity index (χ4n) is 5.24. The van der Waals surface area contributed by atoms with Crippen LogP contribution in [-0.4, -0.2) is 49.3 Å². The minimum absolute atomic E-state index is 0.0265. The van der Waals surface area contributed by atoms with Crippen LogP contribution in [0.1, 0.15) is 58.6 Å². The zero-order chi connectivity index (χ0) is 22.2. The van der Waals surface area contributed by atoms with Crippen molar-refractivity contribution in [1.82, 2.24) is 5.32 Å². The first-order chi connectivity index (χ1) is 14.8. The van der Waals surface area contributed by atoms with E-state index in [0.717, 1.165) is 31.4 Å². The number of allylic oxidation sites excluding steroid dienone is 1. The number of ether oxygens (including phenoxy) is 4. The first-order valence-electron chi connectivity index (χ1n) is 11.3. The highest BCUT2D eigenvalue weighted by atomic mass is 16.6. The smallest absolute Gasteiger partial charge is 0.407 e. The second-order valence-electron chi connectivity index (χ2n) is 9.60. The first kappa shape index (κ1) is 22.3. The maximum atomic E-state index is 12.7. The molecule has 1 aliphatic carbocycles. The van der Waals surface area contributed by atoms with E-state index >= 15 is 0 Å². The van der Waals surface area contributed by atoms with Crippen molar-refractivity contribution in [2.24, 2.45) is 5.92 Å². The molecule has 2 saturated heterocycles. The Morgan fingerprint density at radius 2 is 2.03 bits per heavy atom. The summed E-state index contributed by atoms with van der Waals surface area (Å²) in [5.74, 6) is 0.0265. The van der Waals surface area contributed by atoms with Gasteiger partial charge in [-0.3, -0.25) is 0 Å². The number of benzene rings is 1. The number of methoxy groups -OCH3 is 1. The summed E-state index contributed by atoms with van der Waals surface area (Å²) in [7, 11) is 1.69. The van der Waals surface area contributed by atoms with Crippen LogP contribution in [0.3, 0.4) is 0 Å². The van der Waals surface area contributed by atoms with Crippen LogP contribution in [0.4, 0.5) is 4.79 Å². The monoisotopic (exact) mass is 429 g/mol. The van der Waals surface area contributed by atoms with Gasteiger partial charge in [0.15, 0.2) is 0 Å². The summed E-state index contributed by atoms with van der Waals surface area (Å²) >= 11 is 0. The van der Waals surface area contributed by atoms with Gasteiger partial charge in [-0.05, 0) is 52.5 Å². The minimum Gasteiger partial charge on any atom is -0.443 e. The van der Waals surface area contributed by atoms with Gasteiger partial charge in [-0.25, -0.2) is 4.79 Å². The van der Waals surface area contributed by atoms with Crippen molar-refractivity contribution >= 4 is 6.09 Å². The van der Waals surface area contributed by atoms with Crippen LogP contribution < -0.4 is 5.32 Å². The highest BCUT2D eigenvalue weighted by Gasteiger charge is 2.72. The number of nitrogens with one attached hydrogen (secondary N) is 1. The van der Waals surface area contributed by atoms with Gasteiger partial charge in [-0.15, -0.1) is 0 Å². The van der Waals surface area contributed by atoms with E-state index in [9.17, 15) is 4.79 Å². The Labute approximate surface area is 185 Å². The molecule has 1 N–H and O–H groups in total. The zero-order valence-electron chi connectivity index (χ0n) is 19.2. The normalized spacial score (nSPS) is 37.1. The quantitative estimate of drug-likeness (QED) is 0.508. The van der Waals surface area contributed by atoms with Crippen molar-refractivity contribution in [3.63, 3.8) is 0 Å². The SMILES string of the molecule is CO[C@H]1[C@H](C2(C)O[C@@H]2CC=C(C)C)[C@]2(CC[C@H]1OC(=O)N[C@H](C)c1ccccc1)CO2. The molecule has 3 aliphatic rings. The molecule has 0 aromatic heterocycles. The predicted octanol–water partition coefficient (Wildman–Crippen LogP) is 4.55. The minimum atomic E-state index is -0.419. The van der Waals surface area contributed by atoms with E-state index in [2.05, 4.69) is 32.2 Å². The molecule has 3 fully saturated rings. The molecule has 1 amide bonds. The lowest BCUT2D eigenvalue weighted by atomic mass is 9.68. The summed E-state index contributed by atoms with van der Waals surface area (Å²) < 4.78 is 24.0. The molecule has 0 bridgehead atoms. The maximum absolute atomic E-state index is 12.7. The van der Waals surface area contributed by atoms with Gasteiger partial charge < -0.3 is 24.3 Å². The summed E-state index contributed by atoms with van der Waals surface area (Å²) in [6, 6.07) is 9.73. The van der Waals surface area contributed by atoms with Gasteiger partial charge in [0.2, 0.25) is 0 Å². The van der Waals surface area contributed by atoms with Gasteiger partial charge in [0, 0.05) is 7.11 Å². The number of carbonyl (C=O) groups excluding carboxylic acids is 1. The van der Waals surface area contributed by atoms with Crippen molar-refractivity contribution in [3.05, 3.63) is 47.5 Å². The highest BCUT2D eigenvalue weighted by molar-refractivity contribution is 5.68. The lowest BCUT2D eigenvalue weighted by Crippen LogP contribution is -2.56. The number of hydrogen-bond donors (Lipinski definition) is 1. The Balaban J connectivity index is 1.43. The molecule has 2 heterocycles. The fourth-order valence-corrected chi connectivity index (χ4v) is 5.24. The van der Waals surface area contributed by atoms with E-state index in [4.69, 9.17) is 18.9 Å². The molecule has 1 aromatic rings. The predicted molar refractivity (Wildman–Crippen MR) is 118 cm³/mol. The van der Waals surface area contributed by atoms with Gasteiger partial charge in [-0.1, -0.05) is 42.0 Å². The van der Waals surface area contributed by atoms with E-state index < -0.39 is 6.09 Å². The van der Waals surface area contributed by atoms with Gasteiger partial charge >= 0.3 is 6.09 Å². The zero-order valence-corrected chi connectivity index (χ0v) is 19.2. The highest BCUT2D eigenvalue weighted by Crippen LogP contribution is 2.59. The lowest BCUT2D eigenvalue weighted by Gasteiger charge is -2.42. The maximum Gasteiger partial charge on any atom is 0.407 e. The summed E-state index contributed by atoms with van der Waals surface area (Å²) in [4.78, 5) is 12.7. The Morgan fingerprint density at radius 1 is 1.32 bits per heavy atom. The third-order valence-corrected chi connectivity index (χ3v) is 7.13. The van der Waals surface area contributed by atoms with E-state index in [1.807, 2.05) is 37.3 Å². The molecule has 1 saturated carbocycles. The number of epoxide rings is 2. The van der Waals surface area contributed by atoms with Gasteiger partial charge in [0.05, 0.1) is 24.7 Å². The number of rotatable bonds is 7. The number of alkyl carbamates (subject to hydrolysis) is 1. The van der Waals surface area contributed by atoms with Crippen LogP contribution in [0.25, 0.3) is 0 Å². The number of hydrogen-bond acceptors (Lipinski definition) is 5. The molecular formula is C25H35NO5. The first-order valence-corrected chi connectivity index (χ1v) is 11.3. The molecule has 4 rings (SSSR count). The van der Waals surface area contributed by atoms with Crippen LogP contribution in [0, 0.1) is 5.92 Å². The molecule has 1 aromatic carbocycles. The molecule has 2 aliphatic heterocycles. The van der Waals surface area contributed by atoms with E-state index in [1.54, 1.807) is 7.11 Å². The van der Waals surface area contributed by atoms with Crippen LogP contribution in [-0.2, 0) is 18.9 Å². The number of carbonyl (C=O) groups is 1. The molecule has 1 unspecified atom stereocenters. The van der Waals surface area contributed by atoms with Crippen molar-refractivity contribution < 1.29 is 23.7 Å². The Morgan fingerprint density at radius 3 is 2.65 bits per heavy atom. The molecule has 1 spiro atoms. The second-order valence-corrected chi connectivity index (χ2v) is 9.60. The summed E-state index contributed by atoms with van der Waals surface area (Å²) in [6.07, 6.45) is 3.77.